The van der Waals surface area contributed by atoms with Crippen molar-refractivity contribution in [3.63, 3.8) is 0 Å². The first-order valence-electron chi connectivity index (χ1n) is 8.75. The zero-order valence-corrected chi connectivity index (χ0v) is 17.8. The van der Waals surface area contributed by atoms with Gasteiger partial charge in [-0.1, -0.05) is 44.2 Å². The third-order valence-electron chi connectivity index (χ3n) is 3.86. The molecule has 0 aliphatic rings. The SMILES string of the molecule is Cc1cc(-c2ccccc2)[s+]c(-c2ccc(C(C)C)cc2)c1.F[P-](F)(F)(F)(F)F. The van der Waals surface area contributed by atoms with E-state index in [-0.39, 0.29) is 0 Å². The molecular formula is C21H21F6PS. The number of aryl methyl sites for hydroxylation is 1. The molecule has 3 rings (SSSR count). The van der Waals surface area contributed by atoms with E-state index in [1.165, 1.54) is 32.0 Å². The average Bonchev–Trinajstić information content (AvgIpc) is 2.59. The Morgan fingerprint density at radius 3 is 1.52 bits per heavy atom. The van der Waals surface area contributed by atoms with Gasteiger partial charge in [0, 0.05) is 23.3 Å². The second-order valence-corrected chi connectivity index (χ2v) is 9.96. The van der Waals surface area contributed by atoms with E-state index in [1.54, 1.807) is 0 Å². The van der Waals surface area contributed by atoms with Crippen molar-refractivity contribution in [3.05, 3.63) is 77.9 Å². The number of halogens is 6. The Bertz CT molecular complexity index is 955. The van der Waals surface area contributed by atoms with E-state index in [2.05, 4.69) is 87.5 Å². The fourth-order valence-electron chi connectivity index (χ4n) is 2.55. The Balaban J connectivity index is 0.000000370. The summed E-state index contributed by atoms with van der Waals surface area (Å²) in [5, 5.41) is 0. The molecule has 0 unspecified atom stereocenters. The predicted octanol–water partition coefficient (Wildman–Crippen LogP) is 10.2. The zero-order valence-electron chi connectivity index (χ0n) is 16.1. The van der Waals surface area contributed by atoms with Crippen LogP contribution in [0.4, 0.5) is 25.2 Å². The van der Waals surface area contributed by atoms with Gasteiger partial charge in [0.15, 0.2) is 0 Å². The van der Waals surface area contributed by atoms with Crippen molar-refractivity contribution in [2.24, 2.45) is 0 Å². The van der Waals surface area contributed by atoms with Crippen molar-refractivity contribution in [3.8, 4) is 20.9 Å². The van der Waals surface area contributed by atoms with E-state index in [4.69, 9.17) is 0 Å². The molecule has 0 aliphatic heterocycles. The van der Waals surface area contributed by atoms with Crippen LogP contribution in [0.2, 0.25) is 0 Å². The molecule has 0 aliphatic carbocycles. The summed E-state index contributed by atoms with van der Waals surface area (Å²) >= 11 is 1.86. The maximum absolute atomic E-state index is 10.7. The van der Waals surface area contributed by atoms with Crippen LogP contribution in [0.25, 0.3) is 20.9 Å². The minimum absolute atomic E-state index is 0.579. The van der Waals surface area contributed by atoms with Gasteiger partial charge >= 0.3 is 33.0 Å². The number of hydrogen-bond donors (Lipinski definition) is 0. The summed E-state index contributed by atoms with van der Waals surface area (Å²) in [6.45, 7) is 6.64. The van der Waals surface area contributed by atoms with Crippen LogP contribution in [0, 0.1) is 6.92 Å². The quantitative estimate of drug-likeness (QED) is 0.212. The van der Waals surface area contributed by atoms with Crippen molar-refractivity contribution in [2.75, 3.05) is 0 Å². The fourth-order valence-corrected chi connectivity index (χ4v) is 3.79. The summed E-state index contributed by atoms with van der Waals surface area (Å²) in [5.41, 5.74) is 5.29. The molecule has 0 saturated heterocycles. The molecule has 0 N–H and O–H groups in total. The molecule has 0 nitrogen and oxygen atoms in total. The topological polar surface area (TPSA) is 0 Å². The summed E-state index contributed by atoms with van der Waals surface area (Å²) in [5.74, 6) is 0.579. The summed E-state index contributed by atoms with van der Waals surface area (Å²) in [4.78, 5) is 2.65. The van der Waals surface area contributed by atoms with Gasteiger partial charge in [-0.15, -0.1) is 0 Å². The van der Waals surface area contributed by atoms with Crippen LogP contribution in [0.1, 0.15) is 30.9 Å². The normalized spacial score (nSPS) is 13.9. The zero-order chi connectivity index (χ0) is 21.9. The second kappa shape index (κ2) is 7.69. The minimum atomic E-state index is -10.7. The molecule has 0 fully saturated rings. The van der Waals surface area contributed by atoms with Crippen LogP contribution < -0.4 is 0 Å². The molecule has 1 heterocycles. The van der Waals surface area contributed by atoms with Gasteiger partial charge in [0.1, 0.15) is 0 Å². The first-order valence-corrected chi connectivity index (χ1v) is 11.6. The monoisotopic (exact) mass is 450 g/mol. The standard InChI is InChI=1S/C21H21S.F6P/c1-15(2)17-9-11-19(12-10-17)21-14-16(3)13-20(22-21)18-7-5-4-6-8-18;1-7(2,3,4,5)6/h4-15H,1-3H3;/q+1;-1. The van der Waals surface area contributed by atoms with Crippen LogP contribution in [-0.2, 0) is 0 Å². The van der Waals surface area contributed by atoms with E-state index in [0.717, 1.165) is 0 Å². The van der Waals surface area contributed by atoms with Crippen molar-refractivity contribution in [2.45, 2.75) is 26.7 Å². The van der Waals surface area contributed by atoms with Crippen molar-refractivity contribution in [1.29, 1.82) is 0 Å². The Morgan fingerprint density at radius 1 is 0.690 bits per heavy atom. The van der Waals surface area contributed by atoms with Crippen LogP contribution in [0.5, 0.6) is 0 Å². The Hall–Kier alpha value is -1.98. The van der Waals surface area contributed by atoms with Gasteiger partial charge in [-0.25, -0.2) is 0 Å². The fraction of sp³-hybridized carbons (Fsp3) is 0.190. The molecule has 1 aromatic heterocycles. The second-order valence-electron chi connectivity index (χ2n) is 6.96. The summed E-state index contributed by atoms with van der Waals surface area (Å²) in [6, 6.07) is 24.2. The predicted molar refractivity (Wildman–Crippen MR) is 112 cm³/mol. The molecule has 29 heavy (non-hydrogen) atoms. The van der Waals surface area contributed by atoms with Gasteiger partial charge in [0.05, 0.1) is 0 Å². The van der Waals surface area contributed by atoms with Crippen LogP contribution >= 0.6 is 19.1 Å². The van der Waals surface area contributed by atoms with E-state index in [0.29, 0.717) is 5.92 Å². The summed E-state index contributed by atoms with van der Waals surface area (Å²) < 4.78 is 59.2. The van der Waals surface area contributed by atoms with E-state index in [1.807, 2.05) is 11.3 Å². The third kappa shape index (κ3) is 9.37. The Morgan fingerprint density at radius 2 is 1.10 bits per heavy atom. The van der Waals surface area contributed by atoms with Crippen molar-refractivity contribution < 1.29 is 25.2 Å². The van der Waals surface area contributed by atoms with Gasteiger partial charge in [-0.2, -0.15) is 0 Å². The first-order chi connectivity index (χ1) is 13.1. The van der Waals surface area contributed by atoms with E-state index >= 15 is 0 Å². The number of hydrogen-bond acceptors (Lipinski definition) is 0. The Labute approximate surface area is 170 Å². The number of benzene rings is 2. The first kappa shape index (κ1) is 23.3. The van der Waals surface area contributed by atoms with Crippen molar-refractivity contribution in [1.82, 2.24) is 0 Å². The molecule has 0 spiro atoms. The number of rotatable bonds is 3. The maximum atomic E-state index is 9.87. The molecule has 8 heteroatoms. The average molecular weight is 450 g/mol. The van der Waals surface area contributed by atoms with Crippen LogP contribution in [0.3, 0.4) is 0 Å². The molecule has 0 bridgehead atoms. The van der Waals surface area contributed by atoms with Gasteiger partial charge in [0.2, 0.25) is 21.1 Å². The Kier molecular flexibility index (Phi) is 6.18. The van der Waals surface area contributed by atoms with Crippen molar-refractivity contribution >= 4 is 19.1 Å². The van der Waals surface area contributed by atoms with Gasteiger partial charge in [-0.05, 0) is 48.2 Å². The molecular weight excluding hydrogens is 429 g/mol. The summed E-state index contributed by atoms with van der Waals surface area (Å²) in [6.07, 6.45) is 0. The van der Waals surface area contributed by atoms with E-state index in [9.17, 15) is 25.2 Å². The third-order valence-corrected chi connectivity index (χ3v) is 5.00. The van der Waals surface area contributed by atoms with Gasteiger partial charge in [-0.3, -0.25) is 0 Å². The van der Waals surface area contributed by atoms with E-state index < -0.39 is 7.81 Å². The van der Waals surface area contributed by atoms with Crippen LogP contribution in [-0.4, -0.2) is 0 Å². The molecule has 0 saturated carbocycles. The molecule has 2 aromatic carbocycles. The molecule has 3 aromatic rings. The van der Waals surface area contributed by atoms with Crippen LogP contribution in [0.15, 0.2) is 66.7 Å². The summed E-state index contributed by atoms with van der Waals surface area (Å²) in [7, 11) is -10.7. The molecule has 0 amide bonds. The van der Waals surface area contributed by atoms with Gasteiger partial charge < -0.3 is 0 Å². The molecule has 0 radical (unpaired) electrons. The molecule has 158 valence electrons. The van der Waals surface area contributed by atoms with Gasteiger partial charge in [0.25, 0.3) is 0 Å². The molecule has 0 atom stereocenters.